The number of nitrogens with zero attached hydrogens (tertiary/aromatic N) is 3. The lowest BCUT2D eigenvalue weighted by Crippen LogP contribution is -2.37. The highest BCUT2D eigenvalue weighted by Gasteiger charge is 2.53. The minimum atomic E-state index is -4.68. The number of H-pyrrole nitrogens is 1. The molecule has 3 N–H and O–H groups in total. The minimum Gasteiger partial charge on any atom is -0.493 e. The number of fused-ring (bicyclic) bond motifs is 1. The number of hydrogen-bond acceptors (Lipinski definition) is 7. The van der Waals surface area contributed by atoms with Crippen LogP contribution in [0.25, 0.3) is 11.0 Å². The number of carbonyl (C=O) groups excluding carboxylic acids is 2. The maximum absolute atomic E-state index is 13.9. The van der Waals surface area contributed by atoms with Crippen molar-refractivity contribution in [1.82, 2.24) is 19.9 Å². The Hall–Kier alpha value is -4.49. The van der Waals surface area contributed by atoms with Gasteiger partial charge in [0.2, 0.25) is 5.91 Å². The first-order valence-electron chi connectivity index (χ1n) is 14.8. The molecule has 0 radical (unpaired) electrons. The fourth-order valence-corrected chi connectivity index (χ4v) is 5.54. The zero-order chi connectivity index (χ0) is 31.6. The van der Waals surface area contributed by atoms with Crippen LogP contribution in [0.5, 0.6) is 5.75 Å². The summed E-state index contributed by atoms with van der Waals surface area (Å²) in [4.78, 5) is 40.5. The first-order valence-corrected chi connectivity index (χ1v) is 14.8. The van der Waals surface area contributed by atoms with Crippen molar-refractivity contribution in [2.24, 2.45) is 0 Å². The second kappa shape index (κ2) is 12.5. The summed E-state index contributed by atoms with van der Waals surface area (Å²) < 4.78 is 52.6. The Morgan fingerprint density at radius 2 is 1.87 bits per heavy atom. The highest BCUT2D eigenvalue weighted by Crippen LogP contribution is 2.50. The number of hydrogen-bond donors (Lipinski definition) is 3. The van der Waals surface area contributed by atoms with Gasteiger partial charge in [-0.1, -0.05) is 6.07 Å². The predicted molar refractivity (Wildman–Crippen MR) is 161 cm³/mol. The van der Waals surface area contributed by atoms with Gasteiger partial charge in [0.05, 0.1) is 36.5 Å². The molecule has 10 nitrogen and oxygen atoms in total. The molecule has 1 saturated heterocycles. The molecule has 1 aliphatic carbocycles. The molecule has 2 aromatic carbocycles. The van der Waals surface area contributed by atoms with Crippen LogP contribution in [0.4, 0.5) is 24.5 Å². The molecule has 0 bridgehead atoms. The van der Waals surface area contributed by atoms with E-state index in [-0.39, 0.29) is 29.5 Å². The van der Waals surface area contributed by atoms with Gasteiger partial charge >= 0.3 is 6.18 Å². The van der Waals surface area contributed by atoms with E-state index in [9.17, 15) is 22.8 Å². The number of carbonyl (C=O) groups is 2. The average Bonchev–Trinajstić information content (AvgIpc) is 3.70. The van der Waals surface area contributed by atoms with Crippen LogP contribution in [0.3, 0.4) is 0 Å². The molecular weight excluding hydrogens is 589 g/mol. The van der Waals surface area contributed by atoms with Crippen LogP contribution >= 0.6 is 0 Å². The lowest BCUT2D eigenvalue weighted by molar-refractivity contribution is -0.139. The van der Waals surface area contributed by atoms with Crippen LogP contribution in [0.2, 0.25) is 0 Å². The zero-order valence-corrected chi connectivity index (χ0v) is 24.7. The minimum absolute atomic E-state index is 0.0321. The first kappa shape index (κ1) is 30.5. The average molecular weight is 623 g/mol. The number of amides is 2. The van der Waals surface area contributed by atoms with Crippen molar-refractivity contribution in [3.8, 4) is 5.75 Å². The highest BCUT2D eigenvalue weighted by molar-refractivity contribution is 6.07. The molecule has 6 rings (SSSR count). The van der Waals surface area contributed by atoms with Crippen LogP contribution in [-0.2, 0) is 21.1 Å². The third-order valence-electron chi connectivity index (χ3n) is 8.26. The smallest absolute Gasteiger partial charge is 0.420 e. The molecule has 2 aliphatic rings. The fourth-order valence-electron chi connectivity index (χ4n) is 5.54. The Morgan fingerprint density at radius 3 is 2.62 bits per heavy atom. The number of aryl methyl sites for hydroxylation is 1. The number of halogens is 3. The Labute approximate surface area is 257 Å². The number of ether oxygens (including phenoxy) is 2. The Kier molecular flexibility index (Phi) is 8.47. The van der Waals surface area contributed by atoms with E-state index in [0.717, 1.165) is 30.1 Å². The van der Waals surface area contributed by atoms with Crippen molar-refractivity contribution >= 4 is 34.2 Å². The number of nitrogens with one attached hydrogen (secondary N) is 3. The normalized spacial score (nSPS) is 16.4. The summed E-state index contributed by atoms with van der Waals surface area (Å²) in [5.41, 5.74) is 0.792. The third-order valence-corrected chi connectivity index (χ3v) is 8.26. The molecule has 45 heavy (non-hydrogen) atoms. The molecule has 0 spiro atoms. The number of aromatic amines is 1. The van der Waals surface area contributed by atoms with Gasteiger partial charge in [-0.3, -0.25) is 14.5 Å². The molecule has 1 aliphatic heterocycles. The van der Waals surface area contributed by atoms with Crippen molar-refractivity contribution in [1.29, 1.82) is 0 Å². The number of rotatable bonds is 10. The topological polar surface area (TPSA) is 121 Å². The van der Waals surface area contributed by atoms with Crippen LogP contribution in [0.15, 0.2) is 55.0 Å². The molecule has 236 valence electrons. The van der Waals surface area contributed by atoms with Gasteiger partial charge in [0.1, 0.15) is 17.7 Å². The SMILES string of the molecule is Cc1ccc(C(=O)Nc2ccc(OCCCN3CCOCC3)c(C(F)(F)F)c2)cc1NC(=O)C1(c2ncnc3[nH]ccc23)CC1. The zero-order valence-electron chi connectivity index (χ0n) is 24.7. The Bertz CT molecular complexity index is 1710. The van der Waals surface area contributed by atoms with Gasteiger partial charge in [0, 0.05) is 48.2 Å². The van der Waals surface area contributed by atoms with Crippen molar-refractivity contribution in [3.63, 3.8) is 0 Å². The van der Waals surface area contributed by atoms with Crippen molar-refractivity contribution in [2.45, 2.75) is 37.8 Å². The van der Waals surface area contributed by atoms with Crippen LogP contribution < -0.4 is 15.4 Å². The summed E-state index contributed by atoms with van der Waals surface area (Å²) in [6.07, 6.45) is 0.284. The van der Waals surface area contributed by atoms with Crippen molar-refractivity contribution in [3.05, 3.63) is 77.4 Å². The van der Waals surface area contributed by atoms with Gasteiger partial charge in [-0.05, 0) is 68.1 Å². The lowest BCUT2D eigenvalue weighted by atomic mass is 9.98. The summed E-state index contributed by atoms with van der Waals surface area (Å²) in [5.74, 6) is -1.17. The van der Waals surface area contributed by atoms with E-state index >= 15 is 0 Å². The molecule has 0 unspecified atom stereocenters. The highest BCUT2D eigenvalue weighted by atomic mass is 19.4. The van der Waals surface area contributed by atoms with Crippen LogP contribution in [0.1, 0.15) is 46.4 Å². The Morgan fingerprint density at radius 1 is 1.07 bits per heavy atom. The van der Waals surface area contributed by atoms with Crippen molar-refractivity contribution in [2.75, 3.05) is 50.1 Å². The van der Waals surface area contributed by atoms with E-state index in [1.165, 1.54) is 24.5 Å². The number of morpholine rings is 1. The van der Waals surface area contributed by atoms with Gasteiger partial charge < -0.3 is 25.1 Å². The number of anilines is 2. The summed E-state index contributed by atoms with van der Waals surface area (Å²) in [5, 5.41) is 6.27. The molecule has 3 heterocycles. The van der Waals surface area contributed by atoms with Gasteiger partial charge in [0.25, 0.3) is 5.91 Å². The van der Waals surface area contributed by atoms with Gasteiger partial charge in [-0.15, -0.1) is 0 Å². The maximum atomic E-state index is 13.9. The third kappa shape index (κ3) is 6.64. The molecule has 0 atom stereocenters. The second-order valence-corrected chi connectivity index (χ2v) is 11.3. The predicted octanol–water partition coefficient (Wildman–Crippen LogP) is 5.31. The van der Waals surface area contributed by atoms with E-state index in [2.05, 4.69) is 30.5 Å². The van der Waals surface area contributed by atoms with Crippen LogP contribution in [0, 0.1) is 6.92 Å². The molecule has 2 fully saturated rings. The quantitative estimate of drug-likeness (QED) is 0.205. The molecule has 1 saturated carbocycles. The first-order chi connectivity index (χ1) is 21.6. The molecular formula is C32H33F3N6O4. The van der Waals surface area contributed by atoms with E-state index in [1.807, 2.05) is 6.07 Å². The second-order valence-electron chi connectivity index (χ2n) is 11.3. The number of alkyl halides is 3. The maximum Gasteiger partial charge on any atom is 0.420 e. The van der Waals surface area contributed by atoms with Gasteiger partial charge in [0.15, 0.2) is 0 Å². The standard InChI is InChI=1S/C32H33F3N6O4/c1-20-3-4-21(17-25(20)40-30(43)31(8-9-31)27-23-7-10-36-28(23)38-19-37-27)29(42)39-22-5-6-26(24(18-22)32(33,34)35)45-14-2-11-41-12-15-44-16-13-41/h3-7,10,17-19H,2,8-9,11-16H2,1H3,(H,39,42)(H,40,43)(H,36,37,38). The lowest BCUT2D eigenvalue weighted by Gasteiger charge is -2.26. The van der Waals surface area contributed by atoms with Crippen molar-refractivity contribution < 1.29 is 32.2 Å². The summed E-state index contributed by atoms with van der Waals surface area (Å²) >= 11 is 0. The monoisotopic (exact) mass is 622 g/mol. The molecule has 4 aromatic rings. The van der Waals surface area contributed by atoms with E-state index < -0.39 is 23.1 Å². The fraction of sp³-hybridized carbons (Fsp3) is 0.375. The molecule has 2 aromatic heterocycles. The summed E-state index contributed by atoms with van der Waals surface area (Å²) in [6.45, 7) is 5.49. The number of aromatic nitrogens is 3. The van der Waals surface area contributed by atoms with Crippen LogP contribution in [-0.4, -0.2) is 71.1 Å². The largest absolute Gasteiger partial charge is 0.493 e. The summed E-state index contributed by atoms with van der Waals surface area (Å²) in [6, 6.07) is 10.0. The van der Waals surface area contributed by atoms with Gasteiger partial charge in [-0.25, -0.2) is 9.97 Å². The number of benzene rings is 2. The van der Waals surface area contributed by atoms with E-state index in [1.54, 1.807) is 25.3 Å². The van der Waals surface area contributed by atoms with E-state index in [4.69, 9.17) is 9.47 Å². The van der Waals surface area contributed by atoms with Gasteiger partial charge in [-0.2, -0.15) is 13.2 Å². The molecule has 13 heteroatoms. The summed E-state index contributed by atoms with van der Waals surface area (Å²) in [7, 11) is 0. The van der Waals surface area contributed by atoms with E-state index in [0.29, 0.717) is 56.0 Å². The molecule has 2 amide bonds. The Balaban J connectivity index is 1.13.